The van der Waals surface area contributed by atoms with Crippen LogP contribution >= 0.6 is 0 Å². The molecular weight excluding hydrogens is 761 g/mol. The molecule has 1 saturated heterocycles. The number of carbonyl (C=O) groups excluding carboxylic acids is 2. The number of rotatable bonds is 42. The van der Waals surface area contributed by atoms with Crippen molar-refractivity contribution in [1.82, 2.24) is 0 Å². The van der Waals surface area contributed by atoms with E-state index >= 15 is 0 Å². The minimum absolute atomic E-state index is 0.215. The summed E-state index contributed by atoms with van der Waals surface area (Å²) in [5.74, 6) is -0.800. The molecule has 6 atom stereocenters. The van der Waals surface area contributed by atoms with E-state index in [1.165, 1.54) is 141 Å². The number of aliphatic hydroxyl groups is 4. The molecule has 0 bridgehead atoms. The largest absolute Gasteiger partial charge is 0.462 e. The van der Waals surface area contributed by atoms with Gasteiger partial charge in [0.25, 0.3) is 0 Å². The fourth-order valence-corrected chi connectivity index (χ4v) is 7.63. The fourth-order valence-electron chi connectivity index (χ4n) is 7.63. The average molecular weight is 853 g/mol. The van der Waals surface area contributed by atoms with E-state index in [-0.39, 0.29) is 32.0 Å². The van der Waals surface area contributed by atoms with E-state index in [0.29, 0.717) is 6.42 Å². The Morgan fingerprint density at radius 3 is 1.42 bits per heavy atom. The van der Waals surface area contributed by atoms with Crippen molar-refractivity contribution in [1.29, 1.82) is 0 Å². The highest BCUT2D eigenvalue weighted by molar-refractivity contribution is 5.70. The summed E-state index contributed by atoms with van der Waals surface area (Å²) in [5, 5.41) is 40.2. The van der Waals surface area contributed by atoms with E-state index in [1.54, 1.807) is 0 Å². The predicted molar refractivity (Wildman–Crippen MR) is 243 cm³/mol. The minimum atomic E-state index is -1.59. The van der Waals surface area contributed by atoms with E-state index in [4.69, 9.17) is 18.9 Å². The number of aliphatic hydroxyl groups excluding tert-OH is 4. The molecule has 352 valence electrons. The summed E-state index contributed by atoms with van der Waals surface area (Å²) in [4.78, 5) is 25.4. The van der Waals surface area contributed by atoms with Gasteiger partial charge in [-0.1, -0.05) is 192 Å². The zero-order chi connectivity index (χ0) is 43.7. The third kappa shape index (κ3) is 31.9. The number of esters is 2. The van der Waals surface area contributed by atoms with Gasteiger partial charge in [0.2, 0.25) is 0 Å². The maximum absolute atomic E-state index is 12.8. The summed E-state index contributed by atoms with van der Waals surface area (Å²) in [6.45, 7) is 3.43. The molecule has 0 amide bonds. The second-order valence-corrected chi connectivity index (χ2v) is 17.3. The molecule has 60 heavy (non-hydrogen) atoms. The quantitative estimate of drug-likeness (QED) is 0.0265. The van der Waals surface area contributed by atoms with Crippen LogP contribution in [0.4, 0.5) is 0 Å². The van der Waals surface area contributed by atoms with Crippen LogP contribution in [-0.4, -0.2) is 89.0 Å². The van der Waals surface area contributed by atoms with Gasteiger partial charge in [-0.05, 0) is 44.9 Å². The summed E-state index contributed by atoms with van der Waals surface area (Å²) in [6.07, 6.45) is 38.9. The Labute approximate surface area is 366 Å². The Hall–Kier alpha value is -1.82. The van der Waals surface area contributed by atoms with Crippen molar-refractivity contribution in [2.75, 3.05) is 19.8 Å². The smallest absolute Gasteiger partial charge is 0.306 e. The normalized spacial score (nSPS) is 20.0. The molecule has 0 aromatic heterocycles. The number of carbonyl (C=O) groups is 2. The maximum atomic E-state index is 12.8. The second kappa shape index (κ2) is 41.2. The molecule has 0 radical (unpaired) electrons. The standard InChI is InChI=1S/C50H92O10/c1-3-5-7-9-11-13-15-17-19-21-22-23-25-27-29-31-33-35-37-39-46(53)59-43(42-58-50-49(56)48(55)47(54)44(40-51)60-50)41-57-45(52)38-36-34-32-30-28-26-24-20-18-16-14-12-10-8-6-4-2/h11,13,17,19,43-44,47-51,54-56H,3-10,12,14-16,18,20-42H2,1-2H3/b13-11-,19-17-. The maximum Gasteiger partial charge on any atom is 0.306 e. The molecular formula is C50H92O10. The molecule has 0 aromatic carbocycles. The molecule has 0 aliphatic carbocycles. The monoisotopic (exact) mass is 853 g/mol. The number of unbranched alkanes of at least 4 members (excludes halogenated alkanes) is 27. The van der Waals surface area contributed by atoms with Gasteiger partial charge >= 0.3 is 11.9 Å². The number of ether oxygens (including phenoxy) is 4. The van der Waals surface area contributed by atoms with Crippen LogP contribution in [-0.2, 0) is 28.5 Å². The molecule has 1 aliphatic rings. The molecule has 4 N–H and O–H groups in total. The Morgan fingerprint density at radius 2 is 0.933 bits per heavy atom. The van der Waals surface area contributed by atoms with Crippen LogP contribution in [0.3, 0.4) is 0 Å². The lowest BCUT2D eigenvalue weighted by molar-refractivity contribution is -0.305. The van der Waals surface area contributed by atoms with E-state index in [2.05, 4.69) is 38.2 Å². The third-order valence-electron chi connectivity index (χ3n) is 11.6. The Balaban J connectivity index is 2.27. The number of allylic oxidation sites excluding steroid dienone is 4. The van der Waals surface area contributed by atoms with Crippen LogP contribution in [0.25, 0.3) is 0 Å². The van der Waals surface area contributed by atoms with Crippen LogP contribution in [0.15, 0.2) is 24.3 Å². The van der Waals surface area contributed by atoms with Crippen molar-refractivity contribution in [2.24, 2.45) is 0 Å². The lowest BCUT2D eigenvalue weighted by Crippen LogP contribution is -2.59. The fraction of sp³-hybridized carbons (Fsp3) is 0.880. The van der Waals surface area contributed by atoms with Crippen molar-refractivity contribution in [3.8, 4) is 0 Å². The van der Waals surface area contributed by atoms with Gasteiger partial charge in [-0.25, -0.2) is 0 Å². The van der Waals surface area contributed by atoms with Gasteiger partial charge in [0.05, 0.1) is 13.2 Å². The first-order valence-electron chi connectivity index (χ1n) is 24.9. The predicted octanol–water partition coefficient (Wildman–Crippen LogP) is 11.3. The molecule has 1 rings (SSSR count). The zero-order valence-electron chi connectivity index (χ0n) is 38.5. The first-order chi connectivity index (χ1) is 29.3. The number of hydrogen-bond acceptors (Lipinski definition) is 10. The van der Waals surface area contributed by atoms with Gasteiger partial charge in [-0.3, -0.25) is 9.59 Å². The Kier molecular flexibility index (Phi) is 38.6. The first-order valence-corrected chi connectivity index (χ1v) is 24.9. The summed E-state index contributed by atoms with van der Waals surface area (Å²) >= 11 is 0. The molecule has 10 nitrogen and oxygen atoms in total. The van der Waals surface area contributed by atoms with E-state index in [1.807, 2.05) is 0 Å². The Bertz CT molecular complexity index is 1030. The average Bonchev–Trinajstić information content (AvgIpc) is 3.25. The molecule has 0 saturated carbocycles. The van der Waals surface area contributed by atoms with Gasteiger partial charge in [-0.15, -0.1) is 0 Å². The second-order valence-electron chi connectivity index (χ2n) is 17.3. The Morgan fingerprint density at radius 1 is 0.517 bits per heavy atom. The number of hydrogen-bond donors (Lipinski definition) is 4. The molecule has 10 heteroatoms. The van der Waals surface area contributed by atoms with Crippen molar-refractivity contribution in [2.45, 2.75) is 263 Å². The third-order valence-corrected chi connectivity index (χ3v) is 11.6. The van der Waals surface area contributed by atoms with Crippen LogP contribution in [0, 0.1) is 0 Å². The van der Waals surface area contributed by atoms with Crippen molar-refractivity contribution in [3.63, 3.8) is 0 Å². The highest BCUT2D eigenvalue weighted by Crippen LogP contribution is 2.23. The zero-order valence-corrected chi connectivity index (χ0v) is 38.5. The van der Waals surface area contributed by atoms with E-state index in [9.17, 15) is 30.0 Å². The lowest BCUT2D eigenvalue weighted by atomic mass is 9.99. The van der Waals surface area contributed by atoms with Crippen LogP contribution in [0.2, 0.25) is 0 Å². The highest BCUT2D eigenvalue weighted by Gasteiger charge is 2.44. The van der Waals surface area contributed by atoms with Gasteiger partial charge in [0, 0.05) is 12.8 Å². The van der Waals surface area contributed by atoms with Crippen molar-refractivity contribution in [3.05, 3.63) is 24.3 Å². The van der Waals surface area contributed by atoms with Gasteiger partial charge in [-0.2, -0.15) is 0 Å². The molecule has 1 heterocycles. The highest BCUT2D eigenvalue weighted by atomic mass is 16.7. The molecule has 0 spiro atoms. The van der Waals surface area contributed by atoms with Gasteiger partial charge in [0.15, 0.2) is 12.4 Å². The molecule has 0 aromatic rings. The van der Waals surface area contributed by atoms with Gasteiger partial charge in [0.1, 0.15) is 31.0 Å². The van der Waals surface area contributed by atoms with E-state index in [0.717, 1.165) is 51.4 Å². The summed E-state index contributed by atoms with van der Waals surface area (Å²) in [5.41, 5.74) is 0. The molecule has 1 aliphatic heterocycles. The van der Waals surface area contributed by atoms with Crippen molar-refractivity contribution >= 4 is 11.9 Å². The SMILES string of the molecule is CCCCC/C=C\C/C=C\CCCCCCCCCCCC(=O)OC(COC(=O)CCCCCCCCCCCCCCCCCC)COC1OC(CO)C(O)C(O)C1O. The van der Waals surface area contributed by atoms with Crippen molar-refractivity contribution < 1.29 is 49.0 Å². The van der Waals surface area contributed by atoms with E-state index < -0.39 is 49.4 Å². The summed E-state index contributed by atoms with van der Waals surface area (Å²) < 4.78 is 22.2. The lowest BCUT2D eigenvalue weighted by Gasteiger charge is -2.39. The molecule has 1 fully saturated rings. The van der Waals surface area contributed by atoms with Crippen LogP contribution < -0.4 is 0 Å². The van der Waals surface area contributed by atoms with Gasteiger partial charge < -0.3 is 39.4 Å². The first kappa shape index (κ1) is 56.2. The summed E-state index contributed by atoms with van der Waals surface area (Å²) in [6, 6.07) is 0. The minimum Gasteiger partial charge on any atom is -0.462 e. The van der Waals surface area contributed by atoms with Crippen LogP contribution in [0.1, 0.15) is 226 Å². The molecule has 6 unspecified atom stereocenters. The van der Waals surface area contributed by atoms with Crippen LogP contribution in [0.5, 0.6) is 0 Å². The topological polar surface area (TPSA) is 152 Å². The summed E-state index contributed by atoms with van der Waals surface area (Å²) in [7, 11) is 0.